The van der Waals surface area contributed by atoms with Crippen molar-refractivity contribution in [2.45, 2.75) is 31.7 Å². The molecule has 4 nitrogen and oxygen atoms in total. The molecule has 1 N–H and O–H groups in total. The minimum absolute atomic E-state index is 0.00993. The summed E-state index contributed by atoms with van der Waals surface area (Å²) in [6, 6.07) is 7.55. The third-order valence-corrected chi connectivity index (χ3v) is 5.93. The van der Waals surface area contributed by atoms with E-state index in [2.05, 4.69) is 24.2 Å². The first kappa shape index (κ1) is 14.7. The van der Waals surface area contributed by atoms with Crippen molar-refractivity contribution >= 4 is 39.8 Å². The molecule has 1 atom stereocenters. The van der Waals surface area contributed by atoms with Gasteiger partial charge in [-0.05, 0) is 49.9 Å². The Hall–Kier alpha value is -1.85. The number of benzene rings is 1. The SMILES string of the molecule is CC(c1ccc(C2CC2)s1)n1ncc2cc(Cl)cc(C(=O)O)c21. The number of hydrogen-bond acceptors (Lipinski definition) is 3. The highest BCUT2D eigenvalue weighted by Crippen LogP contribution is 2.44. The van der Waals surface area contributed by atoms with E-state index < -0.39 is 5.97 Å². The summed E-state index contributed by atoms with van der Waals surface area (Å²) in [5.74, 6) is -0.264. The summed E-state index contributed by atoms with van der Waals surface area (Å²) < 4.78 is 1.79. The second-order valence-corrected chi connectivity index (χ2v) is 7.56. The molecule has 1 unspecified atom stereocenters. The van der Waals surface area contributed by atoms with Gasteiger partial charge in [0.25, 0.3) is 0 Å². The lowest BCUT2D eigenvalue weighted by molar-refractivity contribution is 0.0698. The lowest BCUT2D eigenvalue weighted by Gasteiger charge is -2.13. The van der Waals surface area contributed by atoms with E-state index in [-0.39, 0.29) is 11.6 Å². The second kappa shape index (κ2) is 5.35. The topological polar surface area (TPSA) is 55.1 Å². The summed E-state index contributed by atoms with van der Waals surface area (Å²) in [5, 5.41) is 15.1. The number of fused-ring (bicyclic) bond motifs is 1. The van der Waals surface area contributed by atoms with Crippen molar-refractivity contribution in [2.24, 2.45) is 0 Å². The van der Waals surface area contributed by atoms with Crippen LogP contribution < -0.4 is 0 Å². The average molecular weight is 347 g/mol. The molecule has 0 amide bonds. The van der Waals surface area contributed by atoms with Crippen LogP contribution in [0.1, 0.15) is 51.8 Å². The molecule has 1 aromatic carbocycles. The lowest BCUT2D eigenvalue weighted by Crippen LogP contribution is -2.10. The summed E-state index contributed by atoms with van der Waals surface area (Å²) >= 11 is 7.82. The van der Waals surface area contributed by atoms with Crippen molar-refractivity contribution in [1.29, 1.82) is 0 Å². The van der Waals surface area contributed by atoms with E-state index in [1.165, 1.54) is 28.7 Å². The highest BCUT2D eigenvalue weighted by atomic mass is 35.5. The smallest absolute Gasteiger partial charge is 0.337 e. The quantitative estimate of drug-likeness (QED) is 0.728. The van der Waals surface area contributed by atoms with Gasteiger partial charge in [0.1, 0.15) is 0 Å². The third-order valence-electron chi connectivity index (χ3n) is 4.29. The molecule has 4 rings (SSSR count). The number of thiophene rings is 1. The fourth-order valence-electron chi connectivity index (χ4n) is 2.91. The molecule has 1 aliphatic rings. The lowest BCUT2D eigenvalue weighted by atomic mass is 10.1. The monoisotopic (exact) mass is 346 g/mol. The van der Waals surface area contributed by atoms with Crippen molar-refractivity contribution in [1.82, 2.24) is 9.78 Å². The van der Waals surface area contributed by atoms with Crippen LogP contribution in [0.25, 0.3) is 10.9 Å². The molecule has 1 aliphatic carbocycles. The van der Waals surface area contributed by atoms with Crippen molar-refractivity contribution in [3.63, 3.8) is 0 Å². The van der Waals surface area contributed by atoms with Crippen LogP contribution in [0.3, 0.4) is 0 Å². The van der Waals surface area contributed by atoms with Crippen LogP contribution in [-0.4, -0.2) is 20.9 Å². The van der Waals surface area contributed by atoms with E-state index in [1.54, 1.807) is 28.3 Å². The molecule has 23 heavy (non-hydrogen) atoms. The van der Waals surface area contributed by atoms with E-state index in [1.807, 2.05) is 0 Å². The Labute approximate surface area is 142 Å². The van der Waals surface area contributed by atoms with Crippen LogP contribution in [0.5, 0.6) is 0 Å². The maximum absolute atomic E-state index is 11.6. The summed E-state index contributed by atoms with van der Waals surface area (Å²) in [6.45, 7) is 2.05. The Morgan fingerprint density at radius 1 is 1.43 bits per heavy atom. The van der Waals surface area contributed by atoms with Gasteiger partial charge in [0.05, 0.1) is 23.3 Å². The molecule has 2 heterocycles. The van der Waals surface area contributed by atoms with E-state index in [4.69, 9.17) is 11.6 Å². The van der Waals surface area contributed by atoms with Crippen molar-refractivity contribution in [3.05, 3.63) is 50.8 Å². The van der Waals surface area contributed by atoms with Crippen molar-refractivity contribution < 1.29 is 9.90 Å². The Kier molecular flexibility index (Phi) is 3.43. The predicted molar refractivity (Wildman–Crippen MR) is 91.8 cm³/mol. The average Bonchev–Trinajstić information content (AvgIpc) is 3.10. The van der Waals surface area contributed by atoms with E-state index in [9.17, 15) is 9.90 Å². The summed E-state index contributed by atoms with van der Waals surface area (Å²) in [6.07, 6.45) is 4.24. The zero-order valence-corrected chi connectivity index (χ0v) is 14.1. The third kappa shape index (κ3) is 2.54. The maximum atomic E-state index is 11.6. The second-order valence-electron chi connectivity index (χ2n) is 5.98. The minimum Gasteiger partial charge on any atom is -0.478 e. The van der Waals surface area contributed by atoms with E-state index >= 15 is 0 Å². The van der Waals surface area contributed by atoms with Gasteiger partial charge in [-0.2, -0.15) is 5.10 Å². The molecule has 1 saturated carbocycles. The number of carbonyl (C=O) groups is 1. The van der Waals surface area contributed by atoms with Gasteiger partial charge in [0.15, 0.2) is 0 Å². The van der Waals surface area contributed by atoms with Crippen LogP contribution in [-0.2, 0) is 0 Å². The summed E-state index contributed by atoms with van der Waals surface area (Å²) in [7, 11) is 0. The van der Waals surface area contributed by atoms with Crippen LogP contribution >= 0.6 is 22.9 Å². The number of carboxylic acids is 1. The fourth-order valence-corrected chi connectivity index (χ4v) is 4.36. The van der Waals surface area contributed by atoms with Gasteiger partial charge in [-0.25, -0.2) is 4.79 Å². The van der Waals surface area contributed by atoms with E-state index in [0.717, 1.165) is 11.3 Å². The molecule has 3 aromatic rings. The zero-order valence-electron chi connectivity index (χ0n) is 12.5. The van der Waals surface area contributed by atoms with Gasteiger partial charge in [0, 0.05) is 20.2 Å². The zero-order chi connectivity index (χ0) is 16.1. The first-order valence-electron chi connectivity index (χ1n) is 7.54. The first-order valence-corrected chi connectivity index (χ1v) is 8.73. The molecule has 1 fully saturated rings. The Morgan fingerprint density at radius 2 is 2.22 bits per heavy atom. The van der Waals surface area contributed by atoms with E-state index in [0.29, 0.717) is 10.5 Å². The van der Waals surface area contributed by atoms with Gasteiger partial charge in [0.2, 0.25) is 0 Å². The van der Waals surface area contributed by atoms with Crippen LogP contribution in [0.4, 0.5) is 0 Å². The van der Waals surface area contributed by atoms with Crippen molar-refractivity contribution in [2.75, 3.05) is 0 Å². The normalized spacial score (nSPS) is 15.9. The van der Waals surface area contributed by atoms with Crippen LogP contribution in [0, 0.1) is 0 Å². The number of nitrogens with zero attached hydrogens (tertiary/aromatic N) is 2. The molecule has 0 radical (unpaired) electrons. The molecule has 2 aromatic heterocycles. The fraction of sp³-hybridized carbons (Fsp3) is 0.294. The van der Waals surface area contributed by atoms with Crippen LogP contribution in [0.2, 0.25) is 5.02 Å². The Bertz CT molecular complexity index is 911. The van der Waals surface area contributed by atoms with Crippen molar-refractivity contribution in [3.8, 4) is 0 Å². The maximum Gasteiger partial charge on any atom is 0.337 e. The number of carboxylic acid groups (broad SMARTS) is 1. The van der Waals surface area contributed by atoms with Gasteiger partial charge < -0.3 is 5.11 Å². The van der Waals surface area contributed by atoms with Gasteiger partial charge in [-0.3, -0.25) is 4.68 Å². The minimum atomic E-state index is -0.990. The number of rotatable bonds is 4. The predicted octanol–water partition coefficient (Wildman–Crippen LogP) is 4.94. The van der Waals surface area contributed by atoms with Gasteiger partial charge in [-0.15, -0.1) is 11.3 Å². The number of aromatic carboxylic acids is 1. The Balaban J connectivity index is 1.82. The molecular formula is C17H15ClN2O2S. The molecule has 0 saturated heterocycles. The summed E-state index contributed by atoms with van der Waals surface area (Å²) in [5.41, 5.74) is 0.812. The first-order chi connectivity index (χ1) is 11.0. The molecule has 6 heteroatoms. The molecule has 0 spiro atoms. The van der Waals surface area contributed by atoms with Crippen LogP contribution in [0.15, 0.2) is 30.5 Å². The largest absolute Gasteiger partial charge is 0.478 e. The number of halogens is 1. The Morgan fingerprint density at radius 3 is 2.91 bits per heavy atom. The summed E-state index contributed by atoms with van der Waals surface area (Å²) in [4.78, 5) is 14.2. The van der Waals surface area contributed by atoms with Gasteiger partial charge >= 0.3 is 5.97 Å². The molecule has 0 bridgehead atoms. The molecule has 118 valence electrons. The van der Waals surface area contributed by atoms with Gasteiger partial charge in [-0.1, -0.05) is 11.6 Å². The molecule has 0 aliphatic heterocycles. The standard InChI is InChI=1S/C17H15ClN2O2S/c1-9(14-4-5-15(23-14)10-2-3-10)20-16-11(8-19-20)6-12(18)7-13(16)17(21)22/h4-10H,2-3H2,1H3,(H,21,22). The number of aromatic nitrogens is 2. The highest BCUT2D eigenvalue weighted by Gasteiger charge is 2.26. The molecular weight excluding hydrogens is 332 g/mol. The highest BCUT2D eigenvalue weighted by molar-refractivity contribution is 7.12. The number of hydrogen-bond donors (Lipinski definition) is 1.